The first-order valence-corrected chi connectivity index (χ1v) is 8.62. The summed E-state index contributed by atoms with van der Waals surface area (Å²) in [4.78, 5) is 26.3. The molecule has 0 saturated carbocycles. The molecule has 3 rings (SSSR count). The zero-order chi connectivity index (χ0) is 17.6. The fourth-order valence-electron chi connectivity index (χ4n) is 2.83. The van der Waals surface area contributed by atoms with Gasteiger partial charge in [0.1, 0.15) is 12.3 Å². The van der Waals surface area contributed by atoms with E-state index in [1.54, 1.807) is 24.3 Å². The van der Waals surface area contributed by atoms with Crippen molar-refractivity contribution in [2.45, 2.75) is 26.2 Å². The number of hydrogen-bond acceptors (Lipinski definition) is 3. The number of fused-ring (bicyclic) bond motifs is 1. The number of rotatable bonds is 6. The molecule has 0 radical (unpaired) electrons. The van der Waals surface area contributed by atoms with Crippen LogP contribution in [0, 0.1) is 0 Å². The predicted molar refractivity (Wildman–Crippen MR) is 98.2 cm³/mol. The molecule has 0 aromatic heterocycles. The Morgan fingerprint density at radius 2 is 2.00 bits per heavy atom. The molecule has 1 aliphatic heterocycles. The van der Waals surface area contributed by atoms with Crippen molar-refractivity contribution in [1.29, 1.82) is 0 Å². The predicted octanol–water partition coefficient (Wildman–Crippen LogP) is 3.85. The second-order valence-corrected chi connectivity index (χ2v) is 6.04. The van der Waals surface area contributed by atoms with E-state index in [-0.39, 0.29) is 18.4 Å². The van der Waals surface area contributed by atoms with Gasteiger partial charge in [0.05, 0.1) is 18.0 Å². The van der Waals surface area contributed by atoms with Crippen LogP contribution in [-0.2, 0) is 4.79 Å². The largest absolute Gasteiger partial charge is 0.494 e. The second kappa shape index (κ2) is 7.83. The van der Waals surface area contributed by atoms with Crippen molar-refractivity contribution in [1.82, 2.24) is 0 Å². The highest BCUT2D eigenvalue weighted by Gasteiger charge is 2.27. The van der Waals surface area contributed by atoms with Gasteiger partial charge in [-0.15, -0.1) is 0 Å². The SMILES string of the molecule is CCCCCOc1cccc(C(=O)N2CC(=O)Nc3ccccc32)c1. The van der Waals surface area contributed by atoms with Gasteiger partial charge in [-0.2, -0.15) is 0 Å². The summed E-state index contributed by atoms with van der Waals surface area (Å²) < 4.78 is 5.73. The van der Waals surface area contributed by atoms with E-state index >= 15 is 0 Å². The molecule has 0 aliphatic carbocycles. The third-order valence-electron chi connectivity index (χ3n) is 4.11. The zero-order valence-corrected chi connectivity index (χ0v) is 14.3. The van der Waals surface area contributed by atoms with Gasteiger partial charge in [0.2, 0.25) is 5.91 Å². The van der Waals surface area contributed by atoms with Crippen molar-refractivity contribution in [3.63, 3.8) is 0 Å². The van der Waals surface area contributed by atoms with Crippen LogP contribution in [0.15, 0.2) is 48.5 Å². The van der Waals surface area contributed by atoms with Crippen LogP contribution in [0.25, 0.3) is 0 Å². The summed E-state index contributed by atoms with van der Waals surface area (Å²) in [7, 11) is 0. The van der Waals surface area contributed by atoms with E-state index < -0.39 is 0 Å². The summed E-state index contributed by atoms with van der Waals surface area (Å²) in [5.74, 6) is 0.275. The van der Waals surface area contributed by atoms with Crippen molar-refractivity contribution in [2.75, 3.05) is 23.4 Å². The first kappa shape index (κ1) is 17.0. The molecule has 130 valence electrons. The van der Waals surface area contributed by atoms with Gasteiger partial charge in [0, 0.05) is 5.56 Å². The normalized spacial score (nSPS) is 13.2. The lowest BCUT2D eigenvalue weighted by Crippen LogP contribution is -2.42. The van der Waals surface area contributed by atoms with Gasteiger partial charge in [0.25, 0.3) is 5.91 Å². The fourth-order valence-corrected chi connectivity index (χ4v) is 2.83. The number of anilines is 2. The van der Waals surface area contributed by atoms with E-state index in [2.05, 4.69) is 12.2 Å². The van der Waals surface area contributed by atoms with Crippen LogP contribution in [0.1, 0.15) is 36.5 Å². The number of benzene rings is 2. The van der Waals surface area contributed by atoms with E-state index in [9.17, 15) is 9.59 Å². The standard InChI is InChI=1S/C20H22N2O3/c1-2-3-6-12-25-16-9-7-8-15(13-16)20(24)22-14-19(23)21-17-10-4-5-11-18(17)22/h4-5,7-11,13H,2-3,6,12,14H2,1H3,(H,21,23). The lowest BCUT2D eigenvalue weighted by molar-refractivity contribution is -0.115. The number of unbranched alkanes of at least 4 members (excludes halogenated alkanes) is 2. The van der Waals surface area contributed by atoms with Crippen molar-refractivity contribution >= 4 is 23.2 Å². The average molecular weight is 338 g/mol. The molecule has 0 atom stereocenters. The van der Waals surface area contributed by atoms with Crippen molar-refractivity contribution in [3.8, 4) is 5.75 Å². The minimum atomic E-state index is -0.207. The van der Waals surface area contributed by atoms with E-state index in [4.69, 9.17) is 4.74 Å². The molecule has 1 N–H and O–H groups in total. The van der Waals surface area contributed by atoms with Crippen LogP contribution >= 0.6 is 0 Å². The quantitative estimate of drug-likeness (QED) is 0.814. The maximum Gasteiger partial charge on any atom is 0.258 e. The Kier molecular flexibility index (Phi) is 5.33. The van der Waals surface area contributed by atoms with Crippen LogP contribution in [0.4, 0.5) is 11.4 Å². The molecule has 2 aromatic carbocycles. The molecule has 1 heterocycles. The van der Waals surface area contributed by atoms with Crippen LogP contribution in [0.2, 0.25) is 0 Å². The van der Waals surface area contributed by atoms with Crippen molar-refractivity contribution in [3.05, 3.63) is 54.1 Å². The second-order valence-electron chi connectivity index (χ2n) is 6.04. The first-order valence-electron chi connectivity index (χ1n) is 8.62. The summed E-state index contributed by atoms with van der Waals surface area (Å²) in [6, 6.07) is 14.4. The highest BCUT2D eigenvalue weighted by molar-refractivity contribution is 6.15. The van der Waals surface area contributed by atoms with Gasteiger partial charge in [0.15, 0.2) is 0 Å². The number of ether oxygens (including phenoxy) is 1. The molecule has 0 saturated heterocycles. The Balaban J connectivity index is 1.78. The Morgan fingerprint density at radius 3 is 2.84 bits per heavy atom. The Hall–Kier alpha value is -2.82. The van der Waals surface area contributed by atoms with Gasteiger partial charge >= 0.3 is 0 Å². The molecule has 1 aliphatic rings. The molecular weight excluding hydrogens is 316 g/mol. The van der Waals surface area contributed by atoms with Crippen LogP contribution in [0.3, 0.4) is 0 Å². The minimum Gasteiger partial charge on any atom is -0.494 e. The number of amides is 2. The first-order chi connectivity index (χ1) is 12.2. The smallest absolute Gasteiger partial charge is 0.258 e. The number of nitrogens with zero attached hydrogens (tertiary/aromatic N) is 1. The Morgan fingerprint density at radius 1 is 1.16 bits per heavy atom. The number of nitrogens with one attached hydrogen (secondary N) is 1. The lowest BCUT2D eigenvalue weighted by Gasteiger charge is -2.29. The van der Waals surface area contributed by atoms with Gasteiger partial charge in [-0.3, -0.25) is 14.5 Å². The topological polar surface area (TPSA) is 58.6 Å². The molecular formula is C20H22N2O3. The van der Waals surface area contributed by atoms with Crippen LogP contribution in [-0.4, -0.2) is 25.0 Å². The molecule has 2 aromatic rings. The average Bonchev–Trinajstić information content (AvgIpc) is 2.64. The Labute approximate surface area is 147 Å². The molecule has 5 nitrogen and oxygen atoms in total. The van der Waals surface area contributed by atoms with E-state index in [0.717, 1.165) is 19.3 Å². The molecule has 25 heavy (non-hydrogen) atoms. The van der Waals surface area contributed by atoms with Gasteiger partial charge < -0.3 is 10.1 Å². The number of carbonyl (C=O) groups is 2. The maximum atomic E-state index is 12.9. The molecule has 5 heteroatoms. The molecule has 0 bridgehead atoms. The third kappa shape index (κ3) is 3.99. The van der Waals surface area contributed by atoms with E-state index in [0.29, 0.717) is 29.3 Å². The lowest BCUT2D eigenvalue weighted by atomic mass is 10.1. The van der Waals surface area contributed by atoms with Crippen molar-refractivity contribution < 1.29 is 14.3 Å². The summed E-state index contributed by atoms with van der Waals surface area (Å²) in [6.07, 6.45) is 3.25. The number of hydrogen-bond donors (Lipinski definition) is 1. The van der Waals surface area contributed by atoms with Gasteiger partial charge in [-0.1, -0.05) is 38.0 Å². The van der Waals surface area contributed by atoms with Crippen LogP contribution < -0.4 is 15.0 Å². The summed E-state index contributed by atoms with van der Waals surface area (Å²) in [5.41, 5.74) is 1.87. The van der Waals surface area contributed by atoms with E-state index in [1.807, 2.05) is 24.3 Å². The maximum absolute atomic E-state index is 12.9. The number of carbonyl (C=O) groups excluding carboxylic acids is 2. The highest BCUT2D eigenvalue weighted by atomic mass is 16.5. The molecule has 0 spiro atoms. The molecule has 0 unspecified atom stereocenters. The van der Waals surface area contributed by atoms with Crippen molar-refractivity contribution in [2.24, 2.45) is 0 Å². The summed E-state index contributed by atoms with van der Waals surface area (Å²) in [6.45, 7) is 2.80. The summed E-state index contributed by atoms with van der Waals surface area (Å²) >= 11 is 0. The fraction of sp³-hybridized carbons (Fsp3) is 0.300. The number of para-hydroxylation sites is 2. The van der Waals surface area contributed by atoms with Gasteiger partial charge in [-0.25, -0.2) is 0 Å². The monoisotopic (exact) mass is 338 g/mol. The minimum absolute atomic E-state index is 0.0113. The molecule has 0 fully saturated rings. The third-order valence-corrected chi connectivity index (χ3v) is 4.11. The zero-order valence-electron chi connectivity index (χ0n) is 14.3. The van der Waals surface area contributed by atoms with Gasteiger partial charge in [-0.05, 0) is 36.8 Å². The Bertz CT molecular complexity index is 773. The van der Waals surface area contributed by atoms with Crippen LogP contribution in [0.5, 0.6) is 5.75 Å². The molecule has 2 amide bonds. The summed E-state index contributed by atoms with van der Waals surface area (Å²) in [5, 5.41) is 2.79. The highest BCUT2D eigenvalue weighted by Crippen LogP contribution is 2.30. The van der Waals surface area contributed by atoms with E-state index in [1.165, 1.54) is 4.90 Å².